The maximum absolute atomic E-state index is 6.20. The van der Waals surface area contributed by atoms with Gasteiger partial charge in [0.2, 0.25) is 0 Å². The van der Waals surface area contributed by atoms with Crippen LogP contribution in [0.3, 0.4) is 0 Å². The summed E-state index contributed by atoms with van der Waals surface area (Å²) < 4.78 is 10.9. The Hall–Kier alpha value is -1.71. The third kappa shape index (κ3) is 3.93. The fraction of sp³-hybridized carbons (Fsp3) is 0.333. The van der Waals surface area contributed by atoms with Crippen molar-refractivity contribution in [2.75, 3.05) is 20.3 Å². The molecule has 0 aromatic heterocycles. The number of hydrogen-bond donors (Lipinski definition) is 1. The van der Waals surface area contributed by atoms with E-state index in [0.29, 0.717) is 23.9 Å². The minimum atomic E-state index is 0.187. The quantitative estimate of drug-likeness (QED) is 0.838. The molecule has 3 nitrogen and oxygen atoms in total. The molecule has 0 bridgehead atoms. The van der Waals surface area contributed by atoms with Gasteiger partial charge in [-0.1, -0.05) is 35.9 Å². The predicted molar refractivity (Wildman–Crippen MR) is 91.1 cm³/mol. The number of methoxy groups -OCH3 is 1. The van der Waals surface area contributed by atoms with Gasteiger partial charge >= 0.3 is 0 Å². The van der Waals surface area contributed by atoms with Gasteiger partial charge < -0.3 is 15.2 Å². The van der Waals surface area contributed by atoms with Crippen LogP contribution in [0.5, 0.6) is 11.5 Å². The van der Waals surface area contributed by atoms with E-state index in [-0.39, 0.29) is 5.92 Å². The second-order valence-electron chi connectivity index (χ2n) is 5.08. The molecular formula is C18H22ClNO2. The first-order chi connectivity index (χ1) is 10.7. The summed E-state index contributed by atoms with van der Waals surface area (Å²) in [6.45, 7) is 3.17. The van der Waals surface area contributed by atoms with Crippen molar-refractivity contribution in [1.29, 1.82) is 0 Å². The molecule has 1 unspecified atom stereocenters. The maximum Gasteiger partial charge on any atom is 0.137 e. The zero-order valence-corrected chi connectivity index (χ0v) is 13.8. The molecule has 2 N–H and O–H groups in total. The molecule has 0 aliphatic carbocycles. The van der Waals surface area contributed by atoms with Crippen molar-refractivity contribution in [1.82, 2.24) is 0 Å². The van der Waals surface area contributed by atoms with E-state index in [4.69, 9.17) is 26.8 Å². The molecular weight excluding hydrogens is 298 g/mol. The van der Waals surface area contributed by atoms with Crippen molar-refractivity contribution in [3.63, 3.8) is 0 Å². The summed E-state index contributed by atoms with van der Waals surface area (Å²) in [5.74, 6) is 1.77. The number of hydrogen-bond acceptors (Lipinski definition) is 3. The second-order valence-corrected chi connectivity index (χ2v) is 5.48. The lowest BCUT2D eigenvalue weighted by molar-refractivity contribution is 0.334. The number of nitrogens with two attached hydrogens (primary N) is 1. The van der Waals surface area contributed by atoms with Crippen molar-refractivity contribution in [3.05, 3.63) is 58.6 Å². The summed E-state index contributed by atoms with van der Waals surface area (Å²) in [5.41, 5.74) is 8.27. The second kappa shape index (κ2) is 8.06. The van der Waals surface area contributed by atoms with Gasteiger partial charge in [-0.05, 0) is 49.2 Å². The SMILES string of the molecule is CCOc1ccccc1C(CN)Cc1ccc(OC)c(Cl)c1. The van der Waals surface area contributed by atoms with Gasteiger partial charge in [0.1, 0.15) is 11.5 Å². The number of ether oxygens (including phenoxy) is 2. The summed E-state index contributed by atoms with van der Waals surface area (Å²) >= 11 is 6.20. The van der Waals surface area contributed by atoms with Crippen molar-refractivity contribution in [2.45, 2.75) is 19.3 Å². The van der Waals surface area contributed by atoms with E-state index in [1.54, 1.807) is 7.11 Å². The van der Waals surface area contributed by atoms with Gasteiger partial charge in [-0.3, -0.25) is 0 Å². The molecule has 4 heteroatoms. The van der Waals surface area contributed by atoms with Crippen molar-refractivity contribution in [3.8, 4) is 11.5 Å². The molecule has 0 fully saturated rings. The van der Waals surface area contributed by atoms with Crippen LogP contribution in [0.25, 0.3) is 0 Å². The highest BCUT2D eigenvalue weighted by Crippen LogP contribution is 2.31. The Balaban J connectivity index is 2.24. The molecule has 0 saturated carbocycles. The van der Waals surface area contributed by atoms with Crippen LogP contribution < -0.4 is 15.2 Å². The Morgan fingerprint density at radius 3 is 2.55 bits per heavy atom. The first kappa shape index (κ1) is 16.7. The molecule has 0 amide bonds. The molecule has 0 aliphatic rings. The van der Waals surface area contributed by atoms with Crippen LogP contribution in [0.1, 0.15) is 24.0 Å². The predicted octanol–water partition coefficient (Wildman–Crippen LogP) is 4.03. The van der Waals surface area contributed by atoms with Crippen LogP contribution in [0.15, 0.2) is 42.5 Å². The van der Waals surface area contributed by atoms with Gasteiger partial charge in [0.25, 0.3) is 0 Å². The average Bonchev–Trinajstić information content (AvgIpc) is 2.54. The Morgan fingerprint density at radius 1 is 1.14 bits per heavy atom. The average molecular weight is 320 g/mol. The van der Waals surface area contributed by atoms with Gasteiger partial charge in [0, 0.05) is 5.92 Å². The Kier molecular flexibility index (Phi) is 6.10. The largest absolute Gasteiger partial charge is 0.495 e. The standard InChI is InChI=1S/C18H22ClNO2/c1-3-22-17-7-5-4-6-15(17)14(12-20)10-13-8-9-18(21-2)16(19)11-13/h4-9,11,14H,3,10,12,20H2,1-2H3. The van der Waals surface area contributed by atoms with Crippen LogP contribution in [-0.2, 0) is 6.42 Å². The van der Waals surface area contributed by atoms with Crippen LogP contribution in [-0.4, -0.2) is 20.3 Å². The molecule has 2 aromatic rings. The first-order valence-corrected chi connectivity index (χ1v) is 7.81. The molecule has 0 heterocycles. The maximum atomic E-state index is 6.20. The molecule has 0 spiro atoms. The monoisotopic (exact) mass is 319 g/mol. The Morgan fingerprint density at radius 2 is 1.91 bits per heavy atom. The smallest absolute Gasteiger partial charge is 0.137 e. The van der Waals surface area contributed by atoms with Crippen molar-refractivity contribution >= 4 is 11.6 Å². The van der Waals surface area contributed by atoms with E-state index < -0.39 is 0 Å². The number of halogens is 1. The normalized spacial score (nSPS) is 12.0. The third-order valence-electron chi connectivity index (χ3n) is 3.64. The van der Waals surface area contributed by atoms with Crippen LogP contribution in [0, 0.1) is 0 Å². The summed E-state index contributed by atoms with van der Waals surface area (Å²) in [7, 11) is 1.61. The molecule has 22 heavy (non-hydrogen) atoms. The highest BCUT2D eigenvalue weighted by atomic mass is 35.5. The van der Waals surface area contributed by atoms with Gasteiger partial charge in [0.05, 0.1) is 18.7 Å². The minimum Gasteiger partial charge on any atom is -0.495 e. The summed E-state index contributed by atoms with van der Waals surface area (Å²) in [5, 5.41) is 0.619. The molecule has 2 aromatic carbocycles. The lowest BCUT2D eigenvalue weighted by Crippen LogP contribution is -2.16. The number of benzene rings is 2. The van der Waals surface area contributed by atoms with Crippen LogP contribution in [0.2, 0.25) is 5.02 Å². The zero-order chi connectivity index (χ0) is 15.9. The lowest BCUT2D eigenvalue weighted by Gasteiger charge is -2.19. The minimum absolute atomic E-state index is 0.187. The summed E-state index contributed by atoms with van der Waals surface area (Å²) in [6, 6.07) is 13.9. The van der Waals surface area contributed by atoms with E-state index in [9.17, 15) is 0 Å². The molecule has 118 valence electrons. The Labute approximate surface area is 137 Å². The summed E-state index contributed by atoms with van der Waals surface area (Å²) in [6.07, 6.45) is 0.810. The van der Waals surface area contributed by atoms with Gasteiger partial charge in [-0.15, -0.1) is 0 Å². The first-order valence-electron chi connectivity index (χ1n) is 7.43. The highest BCUT2D eigenvalue weighted by molar-refractivity contribution is 6.32. The third-order valence-corrected chi connectivity index (χ3v) is 3.94. The molecule has 0 radical (unpaired) electrons. The fourth-order valence-electron chi connectivity index (χ4n) is 2.55. The van der Waals surface area contributed by atoms with E-state index in [2.05, 4.69) is 6.07 Å². The topological polar surface area (TPSA) is 44.5 Å². The number of para-hydroxylation sites is 1. The van der Waals surface area contributed by atoms with Crippen molar-refractivity contribution in [2.24, 2.45) is 5.73 Å². The zero-order valence-electron chi connectivity index (χ0n) is 13.0. The molecule has 0 saturated heterocycles. The van der Waals surface area contributed by atoms with E-state index in [1.165, 1.54) is 0 Å². The Bertz CT molecular complexity index is 616. The van der Waals surface area contributed by atoms with Crippen LogP contribution >= 0.6 is 11.6 Å². The van der Waals surface area contributed by atoms with Crippen LogP contribution in [0.4, 0.5) is 0 Å². The fourth-order valence-corrected chi connectivity index (χ4v) is 2.83. The van der Waals surface area contributed by atoms with E-state index >= 15 is 0 Å². The highest BCUT2D eigenvalue weighted by Gasteiger charge is 2.16. The molecule has 0 aliphatic heterocycles. The van der Waals surface area contributed by atoms with E-state index in [0.717, 1.165) is 23.3 Å². The van der Waals surface area contributed by atoms with Crippen molar-refractivity contribution < 1.29 is 9.47 Å². The van der Waals surface area contributed by atoms with E-state index in [1.807, 2.05) is 43.3 Å². The molecule has 1 atom stereocenters. The van der Waals surface area contributed by atoms with Gasteiger partial charge in [-0.2, -0.15) is 0 Å². The van der Waals surface area contributed by atoms with Gasteiger partial charge in [0.15, 0.2) is 0 Å². The molecule has 2 rings (SSSR count). The number of rotatable bonds is 7. The summed E-state index contributed by atoms with van der Waals surface area (Å²) in [4.78, 5) is 0. The lowest BCUT2D eigenvalue weighted by atomic mass is 9.91. The van der Waals surface area contributed by atoms with Gasteiger partial charge in [-0.25, -0.2) is 0 Å².